The van der Waals surface area contributed by atoms with E-state index in [1.807, 2.05) is 0 Å². The summed E-state index contributed by atoms with van der Waals surface area (Å²) in [5, 5.41) is 13.9. The standard InChI is InChI=1S/C19H18N4O6/c1-29-10-9-20-17(24)12-21-16-8-3-2-7-15(16)18(25)22(19(21)26)13-5-4-6-14(11-13)23(27)28/h2-8,11H,9-10,12H2,1H3,(H,20,24). The van der Waals surface area contributed by atoms with E-state index in [4.69, 9.17) is 4.74 Å². The zero-order chi connectivity index (χ0) is 21.0. The Morgan fingerprint density at radius 2 is 1.93 bits per heavy atom. The van der Waals surface area contributed by atoms with Crippen LogP contribution in [0.1, 0.15) is 0 Å². The first-order chi connectivity index (χ1) is 13.9. The number of para-hydroxylation sites is 1. The highest BCUT2D eigenvalue weighted by atomic mass is 16.6. The second-order valence-electron chi connectivity index (χ2n) is 6.15. The molecule has 3 aromatic rings. The number of methoxy groups -OCH3 is 1. The third-order valence-corrected chi connectivity index (χ3v) is 4.28. The zero-order valence-corrected chi connectivity index (χ0v) is 15.5. The van der Waals surface area contributed by atoms with Crippen LogP contribution in [0.2, 0.25) is 0 Å². The number of nitro groups is 1. The molecule has 0 fully saturated rings. The molecule has 0 aliphatic heterocycles. The van der Waals surface area contributed by atoms with Gasteiger partial charge < -0.3 is 10.1 Å². The molecule has 0 atom stereocenters. The molecule has 10 nitrogen and oxygen atoms in total. The van der Waals surface area contributed by atoms with Crippen molar-refractivity contribution in [2.75, 3.05) is 20.3 Å². The van der Waals surface area contributed by atoms with Crippen LogP contribution in [0, 0.1) is 10.1 Å². The van der Waals surface area contributed by atoms with Crippen LogP contribution in [-0.2, 0) is 16.1 Å². The first-order valence-corrected chi connectivity index (χ1v) is 8.69. The normalized spacial score (nSPS) is 10.8. The summed E-state index contributed by atoms with van der Waals surface area (Å²) >= 11 is 0. The van der Waals surface area contributed by atoms with E-state index in [1.165, 1.54) is 31.4 Å². The molecule has 1 amide bonds. The van der Waals surface area contributed by atoms with Gasteiger partial charge in [0.2, 0.25) is 5.91 Å². The Morgan fingerprint density at radius 1 is 1.17 bits per heavy atom. The monoisotopic (exact) mass is 398 g/mol. The lowest BCUT2D eigenvalue weighted by molar-refractivity contribution is -0.384. The average molecular weight is 398 g/mol. The summed E-state index contributed by atoms with van der Waals surface area (Å²) in [5.74, 6) is -0.432. The fraction of sp³-hybridized carbons (Fsp3) is 0.211. The van der Waals surface area contributed by atoms with Crippen molar-refractivity contribution in [1.82, 2.24) is 14.5 Å². The van der Waals surface area contributed by atoms with Gasteiger partial charge in [0.05, 0.1) is 28.1 Å². The van der Waals surface area contributed by atoms with Gasteiger partial charge in [-0.05, 0) is 18.2 Å². The number of hydrogen-bond donors (Lipinski definition) is 1. The van der Waals surface area contributed by atoms with E-state index < -0.39 is 22.1 Å². The van der Waals surface area contributed by atoms with Crippen molar-refractivity contribution < 1.29 is 14.5 Å². The van der Waals surface area contributed by atoms with Gasteiger partial charge >= 0.3 is 5.69 Å². The number of carbonyl (C=O) groups is 1. The van der Waals surface area contributed by atoms with Gasteiger partial charge in [-0.25, -0.2) is 9.36 Å². The molecule has 0 aliphatic rings. The van der Waals surface area contributed by atoms with Crippen LogP contribution in [0.15, 0.2) is 58.1 Å². The maximum absolute atomic E-state index is 13.1. The maximum Gasteiger partial charge on any atom is 0.336 e. The molecule has 0 saturated heterocycles. The maximum atomic E-state index is 13.1. The lowest BCUT2D eigenvalue weighted by Crippen LogP contribution is -2.42. The minimum atomic E-state index is -0.768. The Morgan fingerprint density at radius 3 is 2.66 bits per heavy atom. The van der Waals surface area contributed by atoms with Crippen molar-refractivity contribution in [2.45, 2.75) is 6.54 Å². The van der Waals surface area contributed by atoms with Crippen molar-refractivity contribution in [3.8, 4) is 5.69 Å². The lowest BCUT2D eigenvalue weighted by Gasteiger charge is -2.14. The summed E-state index contributed by atoms with van der Waals surface area (Å²) in [7, 11) is 1.50. The van der Waals surface area contributed by atoms with E-state index in [0.29, 0.717) is 12.1 Å². The molecular weight excluding hydrogens is 380 g/mol. The Labute approximate surface area is 164 Å². The van der Waals surface area contributed by atoms with Crippen LogP contribution < -0.4 is 16.6 Å². The van der Waals surface area contributed by atoms with Gasteiger partial charge in [0.25, 0.3) is 11.2 Å². The Bertz CT molecular complexity index is 1200. The third-order valence-electron chi connectivity index (χ3n) is 4.28. The number of aromatic nitrogens is 2. The van der Waals surface area contributed by atoms with E-state index in [-0.39, 0.29) is 29.9 Å². The predicted octanol–water partition coefficient (Wildman–Crippen LogP) is 0.823. The number of carbonyl (C=O) groups excluding carboxylic acids is 1. The van der Waals surface area contributed by atoms with E-state index in [1.54, 1.807) is 18.2 Å². The number of hydrogen-bond acceptors (Lipinski definition) is 6. The second-order valence-corrected chi connectivity index (χ2v) is 6.15. The molecule has 0 unspecified atom stereocenters. The van der Waals surface area contributed by atoms with Gasteiger partial charge in [0, 0.05) is 25.8 Å². The van der Waals surface area contributed by atoms with Crippen molar-refractivity contribution in [3.05, 3.63) is 79.5 Å². The SMILES string of the molecule is COCCNC(=O)Cn1c(=O)n(-c2cccc([N+](=O)[O-])c2)c(=O)c2ccccc21. The van der Waals surface area contributed by atoms with Crippen molar-refractivity contribution in [1.29, 1.82) is 0 Å². The van der Waals surface area contributed by atoms with E-state index in [2.05, 4.69) is 5.32 Å². The van der Waals surface area contributed by atoms with Crippen LogP contribution in [0.3, 0.4) is 0 Å². The number of amides is 1. The molecule has 0 radical (unpaired) electrons. The summed E-state index contributed by atoms with van der Waals surface area (Å²) in [5.41, 5.74) is -1.30. The summed E-state index contributed by atoms with van der Waals surface area (Å²) in [4.78, 5) is 48.8. The molecule has 1 heterocycles. The number of nitro benzene ring substituents is 1. The molecule has 1 aromatic heterocycles. The Balaban J connectivity index is 2.18. The summed E-state index contributed by atoms with van der Waals surface area (Å²) in [6.45, 7) is 0.263. The van der Waals surface area contributed by atoms with Gasteiger partial charge in [0.15, 0.2) is 0 Å². The number of non-ortho nitro benzene ring substituents is 1. The molecule has 0 spiro atoms. The number of nitrogens with one attached hydrogen (secondary N) is 1. The fourth-order valence-electron chi connectivity index (χ4n) is 2.94. The molecule has 0 aliphatic carbocycles. The molecule has 29 heavy (non-hydrogen) atoms. The predicted molar refractivity (Wildman–Crippen MR) is 105 cm³/mol. The number of ether oxygens (including phenoxy) is 1. The van der Waals surface area contributed by atoms with E-state index in [9.17, 15) is 24.5 Å². The van der Waals surface area contributed by atoms with Crippen LogP contribution in [-0.4, -0.2) is 40.2 Å². The van der Waals surface area contributed by atoms with Crippen LogP contribution in [0.25, 0.3) is 16.6 Å². The summed E-state index contributed by atoms with van der Waals surface area (Å²) in [6, 6.07) is 11.6. The highest BCUT2D eigenvalue weighted by molar-refractivity contribution is 5.81. The van der Waals surface area contributed by atoms with Crippen molar-refractivity contribution in [2.24, 2.45) is 0 Å². The lowest BCUT2D eigenvalue weighted by atomic mass is 10.2. The number of rotatable bonds is 7. The van der Waals surface area contributed by atoms with Gasteiger partial charge in [0.1, 0.15) is 6.54 Å². The molecular formula is C19H18N4O6. The quantitative estimate of drug-likeness (QED) is 0.357. The molecule has 0 saturated carbocycles. The van der Waals surface area contributed by atoms with Gasteiger partial charge in [-0.15, -0.1) is 0 Å². The topological polar surface area (TPSA) is 125 Å². The molecule has 0 bridgehead atoms. The molecule has 1 N–H and O–H groups in total. The summed E-state index contributed by atoms with van der Waals surface area (Å²) < 4.78 is 6.87. The number of fused-ring (bicyclic) bond motifs is 1. The van der Waals surface area contributed by atoms with Gasteiger partial charge in [-0.1, -0.05) is 18.2 Å². The van der Waals surface area contributed by atoms with E-state index in [0.717, 1.165) is 15.2 Å². The smallest absolute Gasteiger partial charge is 0.336 e. The molecule has 2 aromatic carbocycles. The Kier molecular flexibility index (Phi) is 5.84. The second kappa shape index (κ2) is 8.48. The Hall–Kier alpha value is -3.79. The number of nitrogens with zero attached hydrogens (tertiary/aromatic N) is 3. The van der Waals surface area contributed by atoms with Gasteiger partial charge in [-0.3, -0.25) is 24.3 Å². The third kappa shape index (κ3) is 4.06. The fourth-order valence-corrected chi connectivity index (χ4v) is 2.94. The molecule has 150 valence electrons. The van der Waals surface area contributed by atoms with Crippen molar-refractivity contribution in [3.63, 3.8) is 0 Å². The average Bonchev–Trinajstić information content (AvgIpc) is 2.71. The molecule has 10 heteroatoms. The minimum Gasteiger partial charge on any atom is -0.383 e. The van der Waals surface area contributed by atoms with Gasteiger partial charge in [-0.2, -0.15) is 0 Å². The largest absolute Gasteiger partial charge is 0.383 e. The first-order valence-electron chi connectivity index (χ1n) is 8.69. The summed E-state index contributed by atoms with van der Waals surface area (Å²) in [6.07, 6.45) is 0. The number of benzene rings is 2. The first kappa shape index (κ1) is 20.0. The van der Waals surface area contributed by atoms with E-state index >= 15 is 0 Å². The van der Waals surface area contributed by atoms with Crippen LogP contribution in [0.4, 0.5) is 5.69 Å². The van der Waals surface area contributed by atoms with Crippen molar-refractivity contribution >= 4 is 22.5 Å². The van der Waals surface area contributed by atoms with Crippen LogP contribution in [0.5, 0.6) is 0 Å². The highest BCUT2D eigenvalue weighted by Crippen LogP contribution is 2.16. The highest BCUT2D eigenvalue weighted by Gasteiger charge is 2.17. The molecule has 3 rings (SSSR count). The van der Waals surface area contributed by atoms with Crippen LogP contribution >= 0.6 is 0 Å². The zero-order valence-electron chi connectivity index (χ0n) is 15.5. The minimum absolute atomic E-state index is 0.0495.